The van der Waals surface area contributed by atoms with Gasteiger partial charge in [-0.25, -0.2) is 9.59 Å². The number of azo groups is 1. The monoisotopic (exact) mass is 280 g/mol. The normalized spacial score (nSPS) is 11.3. The van der Waals surface area contributed by atoms with Gasteiger partial charge in [-0.1, -0.05) is 40.6 Å². The fourth-order valence-corrected chi connectivity index (χ4v) is 1.68. The summed E-state index contributed by atoms with van der Waals surface area (Å²) in [4.78, 5) is 22.4. The highest BCUT2D eigenvalue weighted by Gasteiger charge is 2.19. The van der Waals surface area contributed by atoms with E-state index in [1.165, 1.54) is 0 Å². The molecule has 1 aromatic rings. The van der Waals surface area contributed by atoms with Crippen molar-refractivity contribution in [2.24, 2.45) is 10.2 Å². The van der Waals surface area contributed by atoms with Gasteiger partial charge in [-0.2, -0.15) is 0 Å². The van der Waals surface area contributed by atoms with Gasteiger partial charge in [0.05, 0.1) is 0 Å². The molecule has 0 N–H and O–H groups in total. The summed E-state index contributed by atoms with van der Waals surface area (Å²) in [6, 6.07) is 9.14. The molecular formula is C12H16N2O4Si. The highest BCUT2D eigenvalue weighted by atomic mass is 28.4. The van der Waals surface area contributed by atoms with Gasteiger partial charge in [0.25, 0.3) is 0 Å². The molecule has 0 atom stereocenters. The van der Waals surface area contributed by atoms with E-state index in [2.05, 4.69) is 10.2 Å². The van der Waals surface area contributed by atoms with Crippen molar-refractivity contribution in [2.75, 3.05) is 0 Å². The SMILES string of the molecule is C[Si](C)(C)OC(=O)/N=N/C(=O)OCc1ccccc1. The summed E-state index contributed by atoms with van der Waals surface area (Å²) in [5, 5.41) is 6.28. The molecule has 0 spiro atoms. The summed E-state index contributed by atoms with van der Waals surface area (Å²) >= 11 is 0. The molecule has 1 rings (SSSR count). The number of carbonyl (C=O) groups is 2. The van der Waals surface area contributed by atoms with Crippen molar-refractivity contribution in [3.63, 3.8) is 0 Å². The second kappa shape index (κ2) is 6.79. The molecule has 0 saturated carbocycles. The molecule has 2 amide bonds. The zero-order valence-corrected chi connectivity index (χ0v) is 12.1. The van der Waals surface area contributed by atoms with Crippen LogP contribution in [0.1, 0.15) is 5.56 Å². The van der Waals surface area contributed by atoms with Crippen molar-refractivity contribution in [1.29, 1.82) is 0 Å². The fraction of sp³-hybridized carbons (Fsp3) is 0.333. The van der Waals surface area contributed by atoms with E-state index in [0.29, 0.717) is 0 Å². The first-order chi connectivity index (χ1) is 8.87. The second-order valence-electron chi connectivity index (χ2n) is 4.72. The number of rotatable bonds is 3. The Morgan fingerprint density at radius 2 is 1.63 bits per heavy atom. The van der Waals surface area contributed by atoms with E-state index in [-0.39, 0.29) is 6.61 Å². The van der Waals surface area contributed by atoms with Crippen LogP contribution >= 0.6 is 0 Å². The van der Waals surface area contributed by atoms with Crippen molar-refractivity contribution in [1.82, 2.24) is 0 Å². The van der Waals surface area contributed by atoms with Crippen LogP contribution in [0.4, 0.5) is 9.59 Å². The molecule has 19 heavy (non-hydrogen) atoms. The number of carbonyl (C=O) groups excluding carboxylic acids is 2. The molecule has 0 aliphatic carbocycles. The van der Waals surface area contributed by atoms with Gasteiger partial charge in [-0.05, 0) is 25.2 Å². The van der Waals surface area contributed by atoms with Crippen LogP contribution in [0.25, 0.3) is 0 Å². The third-order valence-electron chi connectivity index (χ3n) is 1.81. The molecular weight excluding hydrogens is 264 g/mol. The van der Waals surface area contributed by atoms with Gasteiger partial charge in [0.1, 0.15) is 6.61 Å². The third-order valence-corrected chi connectivity index (χ3v) is 2.60. The maximum atomic E-state index is 11.2. The van der Waals surface area contributed by atoms with Crippen LogP contribution in [0.15, 0.2) is 40.6 Å². The predicted molar refractivity (Wildman–Crippen MR) is 71.3 cm³/mol. The van der Waals surface area contributed by atoms with Crippen LogP contribution in [0.5, 0.6) is 0 Å². The Hall–Kier alpha value is -2.02. The quantitative estimate of drug-likeness (QED) is 0.624. The summed E-state index contributed by atoms with van der Waals surface area (Å²) in [5.74, 6) is 0. The Balaban J connectivity index is 2.37. The van der Waals surface area contributed by atoms with Gasteiger partial charge >= 0.3 is 12.2 Å². The maximum absolute atomic E-state index is 11.2. The molecule has 1 aromatic carbocycles. The molecule has 102 valence electrons. The summed E-state index contributed by atoms with van der Waals surface area (Å²) in [5.41, 5.74) is 0.829. The number of hydrogen-bond acceptors (Lipinski definition) is 4. The van der Waals surface area contributed by atoms with E-state index >= 15 is 0 Å². The number of amides is 2. The highest BCUT2D eigenvalue weighted by molar-refractivity contribution is 6.71. The first-order valence-corrected chi connectivity index (χ1v) is 9.13. The van der Waals surface area contributed by atoms with Gasteiger partial charge < -0.3 is 9.16 Å². The fourth-order valence-electron chi connectivity index (χ4n) is 1.11. The van der Waals surface area contributed by atoms with Crippen LogP contribution in [0.3, 0.4) is 0 Å². The van der Waals surface area contributed by atoms with Crippen LogP contribution in [-0.4, -0.2) is 20.5 Å². The number of benzene rings is 1. The molecule has 0 aliphatic rings. The maximum Gasteiger partial charge on any atom is 0.452 e. The first-order valence-electron chi connectivity index (χ1n) is 5.72. The smallest absolute Gasteiger partial charge is 0.452 e. The van der Waals surface area contributed by atoms with E-state index in [1.54, 1.807) is 0 Å². The lowest BCUT2D eigenvalue weighted by Crippen LogP contribution is -2.27. The lowest BCUT2D eigenvalue weighted by atomic mass is 10.2. The topological polar surface area (TPSA) is 77.3 Å². The minimum absolute atomic E-state index is 0.0851. The molecule has 0 unspecified atom stereocenters. The van der Waals surface area contributed by atoms with Crippen molar-refractivity contribution >= 4 is 20.5 Å². The number of nitrogens with zero attached hydrogens (tertiary/aromatic N) is 2. The molecule has 0 fully saturated rings. The number of hydrogen-bond donors (Lipinski definition) is 0. The van der Waals surface area contributed by atoms with Crippen molar-refractivity contribution in [3.05, 3.63) is 35.9 Å². The Morgan fingerprint density at radius 3 is 2.21 bits per heavy atom. The van der Waals surface area contributed by atoms with Crippen molar-refractivity contribution < 1.29 is 18.8 Å². The zero-order chi connectivity index (χ0) is 14.3. The van der Waals surface area contributed by atoms with Gasteiger partial charge in [0, 0.05) is 0 Å². The average molecular weight is 280 g/mol. The second-order valence-corrected chi connectivity index (χ2v) is 9.15. The molecule has 0 bridgehead atoms. The van der Waals surface area contributed by atoms with Gasteiger partial charge in [0.15, 0.2) is 0 Å². The summed E-state index contributed by atoms with van der Waals surface area (Å²) in [7, 11) is -2.02. The lowest BCUT2D eigenvalue weighted by molar-refractivity contribution is 0.147. The zero-order valence-electron chi connectivity index (χ0n) is 11.1. The first kappa shape index (κ1) is 15.0. The van der Waals surface area contributed by atoms with Crippen LogP contribution < -0.4 is 0 Å². The van der Waals surface area contributed by atoms with E-state index < -0.39 is 20.5 Å². The molecule has 0 aliphatic heterocycles. The van der Waals surface area contributed by atoms with E-state index in [0.717, 1.165) is 5.56 Å². The van der Waals surface area contributed by atoms with Crippen LogP contribution in [0, 0.1) is 0 Å². The average Bonchev–Trinajstić information content (AvgIpc) is 2.33. The lowest BCUT2D eigenvalue weighted by Gasteiger charge is -2.13. The van der Waals surface area contributed by atoms with E-state index in [4.69, 9.17) is 9.16 Å². The summed E-state index contributed by atoms with van der Waals surface area (Å²) in [6.45, 7) is 5.57. The van der Waals surface area contributed by atoms with Crippen molar-refractivity contribution in [3.8, 4) is 0 Å². The Bertz CT molecular complexity index is 468. The van der Waals surface area contributed by atoms with E-state index in [9.17, 15) is 9.59 Å². The Kier molecular flexibility index (Phi) is 5.37. The van der Waals surface area contributed by atoms with Crippen LogP contribution in [0.2, 0.25) is 19.6 Å². The van der Waals surface area contributed by atoms with Gasteiger partial charge in [0.2, 0.25) is 8.32 Å². The largest absolute Gasteiger partial charge is 0.502 e. The van der Waals surface area contributed by atoms with Crippen LogP contribution in [-0.2, 0) is 15.8 Å². The molecule has 0 aromatic heterocycles. The number of ether oxygens (including phenoxy) is 1. The van der Waals surface area contributed by atoms with E-state index in [1.807, 2.05) is 50.0 Å². The minimum atomic E-state index is -2.02. The summed E-state index contributed by atoms with van der Waals surface area (Å²) in [6.07, 6.45) is -1.78. The third kappa shape index (κ3) is 7.09. The molecule has 7 heteroatoms. The minimum Gasteiger partial charge on any atom is -0.502 e. The molecule has 0 heterocycles. The van der Waals surface area contributed by atoms with Crippen molar-refractivity contribution in [2.45, 2.75) is 26.2 Å². The summed E-state index contributed by atoms with van der Waals surface area (Å²) < 4.78 is 9.80. The van der Waals surface area contributed by atoms with Gasteiger partial charge in [-0.3, -0.25) is 0 Å². The molecule has 0 radical (unpaired) electrons. The standard InChI is InChI=1S/C12H16N2O4Si/c1-19(2,3)18-12(16)14-13-11(15)17-9-10-7-5-4-6-8-10/h4-8H,9H2,1-3H3/b14-13+. The Morgan fingerprint density at radius 1 is 1.05 bits per heavy atom. The molecule has 0 saturated heterocycles. The molecule has 6 nitrogen and oxygen atoms in total. The predicted octanol–water partition coefficient (Wildman–Crippen LogP) is 3.75. The Labute approximate surface area is 112 Å². The highest BCUT2D eigenvalue weighted by Crippen LogP contribution is 2.05. The van der Waals surface area contributed by atoms with Gasteiger partial charge in [-0.15, -0.1) is 0 Å².